The lowest BCUT2D eigenvalue weighted by molar-refractivity contribution is -0.498. The molecule has 50 heavy (non-hydrogen) atoms. The molecule has 292 valence electrons. The summed E-state index contributed by atoms with van der Waals surface area (Å²) in [6.45, 7) is 3.84. The molecule has 0 spiro atoms. The molecule has 1 fully saturated rings. The first-order chi connectivity index (χ1) is 24.2. The largest absolute Gasteiger partial charge is 0.420 e. The molecule has 0 saturated carbocycles. The first-order valence-electron chi connectivity index (χ1n) is 20.4. The van der Waals surface area contributed by atoms with Crippen LogP contribution in [-0.4, -0.2) is 62.9 Å². The highest BCUT2D eigenvalue weighted by Gasteiger charge is 2.67. The van der Waals surface area contributed by atoms with Crippen LogP contribution in [-0.2, 0) is 23.8 Å². The van der Waals surface area contributed by atoms with Crippen LogP contribution in [0.3, 0.4) is 0 Å². The second-order valence-corrected chi connectivity index (χ2v) is 14.2. The summed E-state index contributed by atoms with van der Waals surface area (Å²) in [5.41, 5.74) is 0. The normalized spacial score (nSPS) is 22.4. The van der Waals surface area contributed by atoms with Crippen LogP contribution in [0.4, 0.5) is 0 Å². The van der Waals surface area contributed by atoms with E-state index in [4.69, 9.17) is 14.2 Å². The topological polar surface area (TPSA) is 143 Å². The van der Waals surface area contributed by atoms with Crippen LogP contribution in [0, 0.1) is 0 Å². The van der Waals surface area contributed by atoms with Gasteiger partial charge in [0.05, 0.1) is 6.61 Å². The summed E-state index contributed by atoms with van der Waals surface area (Å²) in [5, 5.41) is 42.6. The van der Waals surface area contributed by atoms with Gasteiger partial charge >= 0.3 is 23.7 Å². The second kappa shape index (κ2) is 29.8. The lowest BCUT2D eigenvalue weighted by atomic mass is 9.98. The fourth-order valence-corrected chi connectivity index (χ4v) is 6.18. The van der Waals surface area contributed by atoms with Crippen LogP contribution in [0.25, 0.3) is 0 Å². The van der Waals surface area contributed by atoms with E-state index in [2.05, 4.69) is 38.2 Å². The fraction of sp³-hybridized carbons (Fsp3) is 0.854. The zero-order valence-electron chi connectivity index (χ0n) is 31.8. The Labute approximate surface area is 304 Å². The fourth-order valence-electron chi connectivity index (χ4n) is 6.18. The van der Waals surface area contributed by atoms with Gasteiger partial charge in [0.2, 0.25) is 0 Å². The van der Waals surface area contributed by atoms with E-state index < -0.39 is 42.5 Å². The molecule has 1 heterocycles. The molecular formula is C41H74O9. The van der Waals surface area contributed by atoms with Crippen LogP contribution in [0.2, 0.25) is 0 Å². The average Bonchev–Trinajstić information content (AvgIpc) is 3.09. The number of hydrogen-bond acceptors (Lipinski definition) is 9. The molecule has 4 N–H and O–H groups in total. The van der Waals surface area contributed by atoms with Gasteiger partial charge in [0.1, 0.15) is 6.10 Å². The second-order valence-electron chi connectivity index (χ2n) is 14.2. The van der Waals surface area contributed by atoms with Gasteiger partial charge in [-0.05, 0) is 64.2 Å². The maximum atomic E-state index is 12.6. The van der Waals surface area contributed by atoms with Crippen molar-refractivity contribution < 1.29 is 44.2 Å². The monoisotopic (exact) mass is 711 g/mol. The lowest BCUT2D eigenvalue weighted by Gasteiger charge is -2.46. The summed E-state index contributed by atoms with van der Waals surface area (Å²) in [6.07, 6.45) is 33.8. The Balaban J connectivity index is 2.27. The predicted octanol–water partition coefficient (Wildman–Crippen LogP) is 9.23. The van der Waals surface area contributed by atoms with Gasteiger partial charge in [0.25, 0.3) is 0 Å². The highest BCUT2D eigenvalue weighted by Crippen LogP contribution is 2.37. The summed E-state index contributed by atoms with van der Waals surface area (Å²) >= 11 is 0. The van der Waals surface area contributed by atoms with Crippen molar-refractivity contribution in [3.8, 4) is 0 Å². The van der Waals surface area contributed by atoms with E-state index in [1.165, 1.54) is 77.0 Å². The number of carbonyl (C=O) groups is 2. The van der Waals surface area contributed by atoms with E-state index in [0.717, 1.165) is 77.0 Å². The summed E-state index contributed by atoms with van der Waals surface area (Å²) in [6, 6.07) is 0. The molecule has 0 aromatic heterocycles. The number of aliphatic hydroxyl groups is 4. The zero-order valence-corrected chi connectivity index (χ0v) is 31.8. The van der Waals surface area contributed by atoms with Crippen molar-refractivity contribution >= 4 is 11.9 Å². The maximum absolute atomic E-state index is 12.6. The van der Waals surface area contributed by atoms with E-state index in [9.17, 15) is 30.0 Å². The molecule has 0 bridgehead atoms. The summed E-state index contributed by atoms with van der Waals surface area (Å²) in [4.78, 5) is 25.2. The zero-order chi connectivity index (χ0) is 36.8. The number of aliphatic hydroxyl groups excluding tert-OH is 2. The number of carbonyl (C=O) groups excluding carboxylic acids is 2. The Bertz CT molecular complexity index is 906. The molecule has 9 heteroatoms. The molecule has 1 aliphatic rings. The van der Waals surface area contributed by atoms with Gasteiger partial charge in [0.15, 0.2) is 6.10 Å². The smallest absolute Gasteiger partial charge is 0.399 e. The molecule has 4 atom stereocenters. The van der Waals surface area contributed by atoms with E-state index in [-0.39, 0.29) is 12.8 Å². The summed E-state index contributed by atoms with van der Waals surface area (Å²) in [7, 11) is 0. The van der Waals surface area contributed by atoms with Gasteiger partial charge in [-0.15, -0.1) is 0 Å². The molecule has 0 aromatic carbocycles. The molecule has 0 amide bonds. The number of hydrogen-bond donors (Lipinski definition) is 4. The SMILES string of the molecule is CCCCCCCC/C=C\CCCCCCCC(=O)OC1(O)OC[C@@H](O)[C@H](O)[C@@]1(O)OC(=O)CCCCCCC/C=C\CCCCCCCC. The quantitative estimate of drug-likeness (QED) is 0.0233. The number of allylic oxidation sites excluding steroid dienone is 4. The van der Waals surface area contributed by atoms with Crippen molar-refractivity contribution in [1.82, 2.24) is 0 Å². The average molecular weight is 711 g/mol. The van der Waals surface area contributed by atoms with Crippen molar-refractivity contribution in [1.29, 1.82) is 0 Å². The van der Waals surface area contributed by atoms with E-state index in [0.29, 0.717) is 12.8 Å². The minimum atomic E-state index is -3.18. The Morgan fingerprint density at radius 2 is 0.900 bits per heavy atom. The molecular weight excluding hydrogens is 636 g/mol. The molecule has 0 aliphatic carbocycles. The highest BCUT2D eigenvalue weighted by molar-refractivity contribution is 5.71. The molecule has 1 aliphatic heterocycles. The minimum absolute atomic E-state index is 0.0541. The summed E-state index contributed by atoms with van der Waals surface area (Å²) < 4.78 is 15.2. The molecule has 0 radical (unpaired) electrons. The highest BCUT2D eigenvalue weighted by atomic mass is 16.9. The number of esters is 2. The minimum Gasteiger partial charge on any atom is -0.420 e. The van der Waals surface area contributed by atoms with Gasteiger partial charge in [0, 0.05) is 12.8 Å². The van der Waals surface area contributed by atoms with Gasteiger partial charge in [-0.2, -0.15) is 0 Å². The Kier molecular flexibility index (Phi) is 27.5. The van der Waals surface area contributed by atoms with E-state index >= 15 is 0 Å². The number of unbranched alkanes of at least 4 members (excludes halogenated alkanes) is 22. The van der Waals surface area contributed by atoms with Gasteiger partial charge < -0.3 is 34.6 Å². The Hall–Kier alpha value is -1.78. The van der Waals surface area contributed by atoms with Crippen LogP contribution in [0.5, 0.6) is 0 Å². The van der Waals surface area contributed by atoms with E-state index in [1.54, 1.807) is 0 Å². The van der Waals surface area contributed by atoms with Crippen molar-refractivity contribution in [3.63, 3.8) is 0 Å². The van der Waals surface area contributed by atoms with E-state index in [1.807, 2.05) is 0 Å². The van der Waals surface area contributed by atoms with Crippen molar-refractivity contribution in [2.24, 2.45) is 0 Å². The van der Waals surface area contributed by atoms with Crippen molar-refractivity contribution in [2.75, 3.05) is 6.61 Å². The van der Waals surface area contributed by atoms with Gasteiger partial charge in [-0.25, -0.2) is 0 Å². The van der Waals surface area contributed by atoms with Crippen LogP contribution >= 0.6 is 0 Å². The third-order valence-corrected chi connectivity index (χ3v) is 9.47. The molecule has 1 rings (SSSR count). The van der Waals surface area contributed by atoms with Crippen molar-refractivity contribution in [2.45, 2.75) is 218 Å². The van der Waals surface area contributed by atoms with Crippen LogP contribution < -0.4 is 0 Å². The molecule has 9 nitrogen and oxygen atoms in total. The Morgan fingerprint density at radius 1 is 0.560 bits per heavy atom. The van der Waals surface area contributed by atoms with Gasteiger partial charge in [-0.3, -0.25) is 9.59 Å². The molecule has 0 aromatic rings. The first kappa shape index (κ1) is 46.2. The first-order valence-corrected chi connectivity index (χ1v) is 20.4. The predicted molar refractivity (Wildman–Crippen MR) is 199 cm³/mol. The standard InChI is InChI=1S/C41H74O9/c1-3-5-7-9-11-13-15-17-19-21-23-25-27-29-31-33-37(43)49-40(46)39(45)36(42)35-48-41(40,47)50-38(44)34-32-30-28-26-24-22-20-18-16-14-12-10-8-6-4-2/h17-20,36,39,42,45-47H,3-16,21-35H2,1-2H3/b19-17-,20-18-/t36-,39+,40-,41?/m1/s1. The van der Waals surface area contributed by atoms with Gasteiger partial charge in [-0.1, -0.05) is 141 Å². The van der Waals surface area contributed by atoms with Crippen molar-refractivity contribution in [3.05, 3.63) is 24.3 Å². The third-order valence-electron chi connectivity index (χ3n) is 9.47. The van der Waals surface area contributed by atoms with Crippen LogP contribution in [0.1, 0.15) is 194 Å². The Morgan fingerprint density at radius 3 is 1.30 bits per heavy atom. The number of rotatable bonds is 32. The molecule has 1 unspecified atom stereocenters. The maximum Gasteiger partial charge on any atom is 0.399 e. The molecule has 1 saturated heterocycles. The third kappa shape index (κ3) is 20.9. The number of ether oxygens (including phenoxy) is 3. The van der Waals surface area contributed by atoms with Crippen LogP contribution in [0.15, 0.2) is 24.3 Å². The summed E-state index contributed by atoms with van der Waals surface area (Å²) in [5.74, 6) is -8.11. The lowest BCUT2D eigenvalue weighted by Crippen LogP contribution is -2.73.